The van der Waals surface area contributed by atoms with Crippen LogP contribution in [-0.4, -0.2) is 48.8 Å². The van der Waals surface area contributed by atoms with Crippen molar-refractivity contribution in [3.8, 4) is 0 Å². The van der Waals surface area contributed by atoms with E-state index in [2.05, 4.69) is 16.0 Å². The lowest BCUT2D eigenvalue weighted by Crippen LogP contribution is -2.35. The van der Waals surface area contributed by atoms with E-state index in [0.717, 1.165) is 32.3 Å². The molecule has 2 aromatic carbocycles. The van der Waals surface area contributed by atoms with E-state index in [4.69, 9.17) is 21.7 Å². The average molecular weight is 512 g/mol. The molecule has 3 N–H and O–H groups in total. The Morgan fingerprint density at radius 1 is 1.00 bits per heavy atom. The molecule has 1 aliphatic rings. The Labute approximate surface area is 217 Å². The first-order chi connectivity index (χ1) is 17.5. The molecule has 2 amide bonds. The Balaban J connectivity index is 1.32. The first-order valence-corrected chi connectivity index (χ1v) is 12.7. The summed E-state index contributed by atoms with van der Waals surface area (Å²) in [5, 5.41) is 8.47. The van der Waals surface area contributed by atoms with Gasteiger partial charge in [-0.25, -0.2) is 0 Å². The van der Waals surface area contributed by atoms with E-state index in [0.29, 0.717) is 30.8 Å². The minimum Gasteiger partial charge on any atom is -0.466 e. The normalized spacial score (nSPS) is 14.6. The lowest BCUT2D eigenvalue weighted by atomic mass is 10.1. The maximum atomic E-state index is 12.6. The van der Waals surface area contributed by atoms with Crippen LogP contribution in [-0.2, 0) is 25.5 Å². The number of benzene rings is 2. The highest BCUT2D eigenvalue weighted by Crippen LogP contribution is 2.16. The summed E-state index contributed by atoms with van der Waals surface area (Å²) in [7, 11) is 0. The number of anilines is 1. The van der Waals surface area contributed by atoms with Crippen molar-refractivity contribution in [3.05, 3.63) is 65.7 Å². The summed E-state index contributed by atoms with van der Waals surface area (Å²) < 4.78 is 10.8. The van der Waals surface area contributed by atoms with Gasteiger partial charge in [-0.3, -0.25) is 14.4 Å². The molecule has 36 heavy (non-hydrogen) atoms. The highest BCUT2D eigenvalue weighted by molar-refractivity contribution is 7.80. The van der Waals surface area contributed by atoms with E-state index >= 15 is 0 Å². The number of thiocarbonyl (C=S) groups is 1. The van der Waals surface area contributed by atoms with Crippen LogP contribution in [0.25, 0.3) is 0 Å². The SMILES string of the molecule is O=C(CCCC(=O)OCCCc1ccccc1)NC(=S)Nc1ccccc1C(=O)NC[C@H]1CCCO1. The smallest absolute Gasteiger partial charge is 0.305 e. The summed E-state index contributed by atoms with van der Waals surface area (Å²) in [6, 6.07) is 16.9. The molecule has 3 rings (SSSR count). The first-order valence-electron chi connectivity index (χ1n) is 12.3. The lowest BCUT2D eigenvalue weighted by Gasteiger charge is -2.15. The maximum Gasteiger partial charge on any atom is 0.305 e. The monoisotopic (exact) mass is 511 g/mol. The van der Waals surface area contributed by atoms with Gasteiger partial charge in [-0.15, -0.1) is 0 Å². The Bertz CT molecular complexity index is 1030. The van der Waals surface area contributed by atoms with Crippen molar-refractivity contribution in [3.63, 3.8) is 0 Å². The summed E-state index contributed by atoms with van der Waals surface area (Å²) in [5.74, 6) is -0.880. The van der Waals surface area contributed by atoms with Gasteiger partial charge in [0.05, 0.1) is 24.0 Å². The number of carbonyl (C=O) groups is 3. The Morgan fingerprint density at radius 3 is 2.56 bits per heavy atom. The number of para-hydroxylation sites is 1. The topological polar surface area (TPSA) is 106 Å². The Kier molecular flexibility index (Phi) is 11.3. The van der Waals surface area contributed by atoms with Gasteiger partial charge in [-0.05, 0) is 62.0 Å². The third-order valence-corrected chi connectivity index (χ3v) is 5.89. The zero-order valence-electron chi connectivity index (χ0n) is 20.3. The molecule has 1 heterocycles. The minimum atomic E-state index is -0.320. The van der Waals surface area contributed by atoms with Crippen LogP contribution in [0.3, 0.4) is 0 Å². The number of hydrogen-bond acceptors (Lipinski definition) is 6. The average Bonchev–Trinajstić information content (AvgIpc) is 3.40. The third-order valence-electron chi connectivity index (χ3n) is 5.69. The number of carbonyl (C=O) groups excluding carboxylic acids is 3. The molecule has 0 bridgehead atoms. The molecule has 2 aromatic rings. The molecule has 0 aliphatic carbocycles. The molecule has 0 aromatic heterocycles. The van der Waals surface area contributed by atoms with Crippen molar-refractivity contribution in [1.82, 2.24) is 10.6 Å². The molecule has 0 spiro atoms. The first kappa shape index (κ1) is 27.3. The van der Waals surface area contributed by atoms with Crippen molar-refractivity contribution in [2.75, 3.05) is 25.1 Å². The largest absolute Gasteiger partial charge is 0.466 e. The number of hydrogen-bond donors (Lipinski definition) is 3. The Hall–Kier alpha value is -3.30. The molecule has 0 unspecified atom stereocenters. The van der Waals surface area contributed by atoms with Gasteiger partial charge < -0.3 is 25.4 Å². The molecule has 192 valence electrons. The molecule has 8 nitrogen and oxygen atoms in total. The van der Waals surface area contributed by atoms with Crippen molar-refractivity contribution >= 4 is 40.8 Å². The van der Waals surface area contributed by atoms with Crippen LogP contribution in [0, 0.1) is 0 Å². The lowest BCUT2D eigenvalue weighted by molar-refractivity contribution is -0.143. The number of rotatable bonds is 12. The van der Waals surface area contributed by atoms with E-state index in [1.54, 1.807) is 24.3 Å². The van der Waals surface area contributed by atoms with Crippen molar-refractivity contribution in [2.45, 2.75) is 51.0 Å². The maximum absolute atomic E-state index is 12.6. The summed E-state index contributed by atoms with van der Waals surface area (Å²) in [4.78, 5) is 36.7. The van der Waals surface area contributed by atoms with Crippen LogP contribution < -0.4 is 16.0 Å². The summed E-state index contributed by atoms with van der Waals surface area (Å²) in [5.41, 5.74) is 2.12. The molecule has 0 saturated carbocycles. The highest BCUT2D eigenvalue weighted by Gasteiger charge is 2.18. The van der Waals surface area contributed by atoms with Crippen molar-refractivity contribution in [2.24, 2.45) is 0 Å². The molecule has 1 aliphatic heterocycles. The standard InChI is InChI=1S/C27H33N3O5S/c31-24(15-6-16-25(32)35-18-7-11-20-9-2-1-3-10-20)30-27(36)29-23-14-5-4-13-22(23)26(33)28-19-21-12-8-17-34-21/h1-5,9-10,13-14,21H,6-8,11-12,15-19H2,(H,28,33)(H2,29,30,31,36)/t21-/m1/s1. The van der Waals surface area contributed by atoms with Gasteiger partial charge >= 0.3 is 5.97 Å². The van der Waals surface area contributed by atoms with E-state index in [-0.39, 0.29) is 41.8 Å². The van der Waals surface area contributed by atoms with Crippen LogP contribution >= 0.6 is 12.2 Å². The van der Waals surface area contributed by atoms with E-state index in [1.165, 1.54) is 5.56 Å². The van der Waals surface area contributed by atoms with Gasteiger partial charge in [-0.2, -0.15) is 0 Å². The third kappa shape index (κ3) is 9.75. The van der Waals surface area contributed by atoms with Gasteiger partial charge in [0.2, 0.25) is 5.91 Å². The minimum absolute atomic E-state index is 0.0426. The predicted octanol–water partition coefficient (Wildman–Crippen LogP) is 3.75. The van der Waals surface area contributed by atoms with Crippen LogP contribution in [0.5, 0.6) is 0 Å². The van der Waals surface area contributed by atoms with Crippen LogP contribution in [0.4, 0.5) is 5.69 Å². The summed E-state index contributed by atoms with van der Waals surface area (Å²) in [6.45, 7) is 1.53. The van der Waals surface area contributed by atoms with Gasteiger partial charge in [0.1, 0.15) is 0 Å². The van der Waals surface area contributed by atoms with E-state index < -0.39 is 0 Å². The number of ether oxygens (including phenoxy) is 2. The predicted molar refractivity (Wildman–Crippen MR) is 142 cm³/mol. The fourth-order valence-corrected chi connectivity index (χ4v) is 4.04. The second kappa shape index (κ2) is 15.0. The molecule has 9 heteroatoms. The fourth-order valence-electron chi connectivity index (χ4n) is 3.81. The molecule has 0 radical (unpaired) electrons. The van der Waals surface area contributed by atoms with Gasteiger partial charge in [0.25, 0.3) is 5.91 Å². The van der Waals surface area contributed by atoms with Crippen molar-refractivity contribution < 1.29 is 23.9 Å². The number of aryl methyl sites for hydroxylation is 1. The second-order valence-electron chi connectivity index (χ2n) is 8.56. The van der Waals surface area contributed by atoms with Crippen LogP contribution in [0.2, 0.25) is 0 Å². The van der Waals surface area contributed by atoms with Gasteiger partial charge in [-0.1, -0.05) is 42.5 Å². The van der Waals surface area contributed by atoms with E-state index in [1.807, 2.05) is 30.3 Å². The second-order valence-corrected chi connectivity index (χ2v) is 8.96. The van der Waals surface area contributed by atoms with Crippen LogP contribution in [0.15, 0.2) is 54.6 Å². The zero-order valence-corrected chi connectivity index (χ0v) is 21.1. The summed E-state index contributed by atoms with van der Waals surface area (Å²) in [6.07, 6.45) is 4.22. The van der Waals surface area contributed by atoms with Gasteiger partial charge in [0.15, 0.2) is 5.11 Å². The zero-order chi connectivity index (χ0) is 25.6. The van der Waals surface area contributed by atoms with Crippen LogP contribution in [0.1, 0.15) is 54.4 Å². The molecular formula is C27H33N3O5S. The Morgan fingerprint density at radius 2 is 1.78 bits per heavy atom. The molecular weight excluding hydrogens is 478 g/mol. The van der Waals surface area contributed by atoms with Gasteiger partial charge in [0, 0.05) is 26.0 Å². The van der Waals surface area contributed by atoms with Crippen molar-refractivity contribution in [1.29, 1.82) is 0 Å². The molecule has 1 saturated heterocycles. The number of nitrogens with one attached hydrogen (secondary N) is 3. The van der Waals surface area contributed by atoms with E-state index in [9.17, 15) is 14.4 Å². The summed E-state index contributed by atoms with van der Waals surface area (Å²) >= 11 is 5.24. The number of esters is 1. The number of amides is 2. The quantitative estimate of drug-likeness (QED) is 0.226. The molecule has 1 fully saturated rings. The fraction of sp³-hybridized carbons (Fsp3) is 0.407. The molecule has 1 atom stereocenters. The highest BCUT2D eigenvalue weighted by atomic mass is 32.1.